The number of nitrogens with zero attached hydrogens (tertiary/aromatic N) is 3. The quantitative estimate of drug-likeness (QED) is 0.578. The van der Waals surface area contributed by atoms with Crippen LogP contribution in [0.3, 0.4) is 0 Å². The molecule has 0 aliphatic carbocycles. The molecule has 0 saturated carbocycles. The second kappa shape index (κ2) is 5.47. The van der Waals surface area contributed by atoms with Crippen molar-refractivity contribution >= 4 is 22.5 Å². The molecule has 0 spiro atoms. The van der Waals surface area contributed by atoms with Gasteiger partial charge in [0.05, 0.1) is 28.5 Å². The second-order valence-electron chi connectivity index (χ2n) is 5.58. The van der Waals surface area contributed by atoms with Crippen LogP contribution in [0.5, 0.6) is 0 Å². The zero-order valence-electron chi connectivity index (χ0n) is 13.2. The van der Waals surface area contributed by atoms with Gasteiger partial charge in [-0.1, -0.05) is 24.3 Å². The first kappa shape index (κ1) is 15.4. The summed E-state index contributed by atoms with van der Waals surface area (Å²) in [5.74, 6) is 0.567. The third kappa shape index (κ3) is 2.48. The molecule has 0 bridgehead atoms. The van der Waals surface area contributed by atoms with Crippen LogP contribution in [-0.4, -0.2) is 21.4 Å². The predicted octanol–water partition coefficient (Wildman–Crippen LogP) is 4.61. The van der Waals surface area contributed by atoms with E-state index in [1.807, 2.05) is 28.7 Å². The highest BCUT2D eigenvalue weighted by molar-refractivity contribution is 5.86. The van der Waals surface area contributed by atoms with Crippen molar-refractivity contribution < 1.29 is 13.2 Å². The molecule has 2 heterocycles. The molecule has 0 aliphatic heterocycles. The molecule has 126 valence electrons. The maximum absolute atomic E-state index is 13.1. The average molecular weight is 342 g/mol. The number of hydrogen-bond donors (Lipinski definition) is 1. The van der Waals surface area contributed by atoms with E-state index in [2.05, 4.69) is 15.3 Å². The molecule has 0 aliphatic rings. The van der Waals surface area contributed by atoms with Crippen molar-refractivity contribution in [2.75, 3.05) is 12.4 Å². The van der Waals surface area contributed by atoms with Crippen LogP contribution < -0.4 is 5.32 Å². The standard InChI is InChI=1S/C18H13F3N4/c1-22-16-17-23-10-15(11-5-4-6-12(9-11)18(19,20)21)25(17)14-8-3-2-7-13(14)24-16/h2-10H,1H3,(H,22,24). The predicted molar refractivity (Wildman–Crippen MR) is 90.5 cm³/mol. The monoisotopic (exact) mass is 342 g/mol. The molecule has 4 nitrogen and oxygen atoms in total. The number of para-hydroxylation sites is 2. The van der Waals surface area contributed by atoms with Crippen molar-refractivity contribution in [1.29, 1.82) is 0 Å². The lowest BCUT2D eigenvalue weighted by atomic mass is 10.1. The zero-order chi connectivity index (χ0) is 17.6. The Balaban J connectivity index is 2.05. The molecule has 0 amide bonds. The van der Waals surface area contributed by atoms with E-state index >= 15 is 0 Å². The Hall–Kier alpha value is -3.09. The van der Waals surface area contributed by atoms with Crippen molar-refractivity contribution in [3.8, 4) is 11.3 Å². The molecular formula is C18H13F3N4. The first-order valence-corrected chi connectivity index (χ1v) is 7.60. The zero-order valence-corrected chi connectivity index (χ0v) is 13.2. The van der Waals surface area contributed by atoms with Gasteiger partial charge in [0, 0.05) is 12.6 Å². The normalized spacial score (nSPS) is 12.0. The summed E-state index contributed by atoms with van der Waals surface area (Å²) in [5.41, 5.74) is 2.41. The van der Waals surface area contributed by atoms with Crippen molar-refractivity contribution in [3.05, 3.63) is 60.3 Å². The molecule has 0 unspecified atom stereocenters. The minimum absolute atomic E-state index is 0.445. The van der Waals surface area contributed by atoms with E-state index in [0.29, 0.717) is 22.7 Å². The van der Waals surface area contributed by atoms with Crippen LogP contribution in [-0.2, 0) is 6.18 Å². The van der Waals surface area contributed by atoms with Crippen molar-refractivity contribution in [3.63, 3.8) is 0 Å². The van der Waals surface area contributed by atoms with E-state index in [1.165, 1.54) is 6.07 Å². The summed E-state index contributed by atoms with van der Waals surface area (Å²) in [5, 5.41) is 2.99. The number of anilines is 1. The summed E-state index contributed by atoms with van der Waals surface area (Å²) in [6, 6.07) is 12.7. The van der Waals surface area contributed by atoms with Gasteiger partial charge in [-0.05, 0) is 24.3 Å². The van der Waals surface area contributed by atoms with Crippen LogP contribution in [0.2, 0.25) is 0 Å². The Morgan fingerprint density at radius 1 is 1.04 bits per heavy atom. The number of rotatable bonds is 2. The Bertz CT molecular complexity index is 1080. The molecule has 0 fully saturated rings. The smallest absolute Gasteiger partial charge is 0.370 e. The average Bonchev–Trinajstić information content (AvgIpc) is 3.06. The molecule has 4 aromatic rings. The molecule has 4 rings (SSSR count). The van der Waals surface area contributed by atoms with Gasteiger partial charge in [0.2, 0.25) is 0 Å². The van der Waals surface area contributed by atoms with Gasteiger partial charge in [0.15, 0.2) is 11.5 Å². The number of aromatic nitrogens is 3. The summed E-state index contributed by atoms with van der Waals surface area (Å²) in [4.78, 5) is 8.88. The molecule has 0 radical (unpaired) electrons. The number of benzene rings is 2. The van der Waals surface area contributed by atoms with Gasteiger partial charge in [0.25, 0.3) is 0 Å². The molecule has 2 aromatic carbocycles. The first-order valence-electron chi connectivity index (χ1n) is 7.60. The Morgan fingerprint density at radius 3 is 2.60 bits per heavy atom. The molecule has 0 atom stereocenters. The van der Waals surface area contributed by atoms with Crippen LogP contribution in [0.15, 0.2) is 54.7 Å². The molecule has 1 N–H and O–H groups in total. The van der Waals surface area contributed by atoms with E-state index in [-0.39, 0.29) is 0 Å². The van der Waals surface area contributed by atoms with Gasteiger partial charge >= 0.3 is 6.18 Å². The number of alkyl halides is 3. The van der Waals surface area contributed by atoms with Crippen molar-refractivity contribution in [2.45, 2.75) is 6.18 Å². The van der Waals surface area contributed by atoms with Gasteiger partial charge in [0.1, 0.15) is 0 Å². The second-order valence-corrected chi connectivity index (χ2v) is 5.58. The minimum Gasteiger partial charge on any atom is -0.370 e. The fourth-order valence-corrected chi connectivity index (χ4v) is 2.91. The topological polar surface area (TPSA) is 42.2 Å². The van der Waals surface area contributed by atoms with Gasteiger partial charge in [-0.15, -0.1) is 0 Å². The van der Waals surface area contributed by atoms with Crippen LogP contribution >= 0.6 is 0 Å². The maximum atomic E-state index is 13.1. The van der Waals surface area contributed by atoms with Gasteiger partial charge < -0.3 is 5.32 Å². The number of nitrogens with one attached hydrogen (secondary N) is 1. The fourth-order valence-electron chi connectivity index (χ4n) is 2.91. The van der Waals surface area contributed by atoms with Crippen LogP contribution in [0.1, 0.15) is 5.56 Å². The summed E-state index contributed by atoms with van der Waals surface area (Å²) < 4.78 is 41.0. The van der Waals surface area contributed by atoms with E-state index in [0.717, 1.165) is 23.2 Å². The highest BCUT2D eigenvalue weighted by Gasteiger charge is 2.30. The van der Waals surface area contributed by atoms with Crippen LogP contribution in [0.25, 0.3) is 27.9 Å². The lowest BCUT2D eigenvalue weighted by Gasteiger charge is -2.11. The molecule has 0 saturated heterocycles. The summed E-state index contributed by atoms with van der Waals surface area (Å²) in [7, 11) is 1.73. The molecule has 7 heteroatoms. The van der Waals surface area contributed by atoms with E-state index < -0.39 is 11.7 Å². The van der Waals surface area contributed by atoms with Crippen LogP contribution in [0, 0.1) is 0 Å². The van der Waals surface area contributed by atoms with Crippen molar-refractivity contribution in [2.24, 2.45) is 0 Å². The lowest BCUT2D eigenvalue weighted by Crippen LogP contribution is -2.05. The Labute approximate surface area is 141 Å². The SMILES string of the molecule is CNc1nc2ccccc2n2c(-c3cccc(C(F)(F)F)c3)cnc12. The highest BCUT2D eigenvalue weighted by Crippen LogP contribution is 2.33. The number of hydrogen-bond acceptors (Lipinski definition) is 3. The van der Waals surface area contributed by atoms with E-state index in [4.69, 9.17) is 0 Å². The largest absolute Gasteiger partial charge is 0.416 e. The highest BCUT2D eigenvalue weighted by atomic mass is 19.4. The third-order valence-corrected chi connectivity index (χ3v) is 4.05. The van der Waals surface area contributed by atoms with E-state index in [1.54, 1.807) is 19.3 Å². The van der Waals surface area contributed by atoms with Crippen LogP contribution in [0.4, 0.5) is 19.0 Å². The lowest BCUT2D eigenvalue weighted by molar-refractivity contribution is -0.137. The van der Waals surface area contributed by atoms with Gasteiger partial charge in [-0.2, -0.15) is 13.2 Å². The van der Waals surface area contributed by atoms with Crippen molar-refractivity contribution in [1.82, 2.24) is 14.4 Å². The van der Waals surface area contributed by atoms with Gasteiger partial charge in [-0.3, -0.25) is 4.40 Å². The number of imidazole rings is 1. The number of fused-ring (bicyclic) bond motifs is 3. The molecule has 2 aromatic heterocycles. The maximum Gasteiger partial charge on any atom is 0.416 e. The first-order chi connectivity index (χ1) is 12.0. The Morgan fingerprint density at radius 2 is 1.84 bits per heavy atom. The number of halogens is 3. The third-order valence-electron chi connectivity index (χ3n) is 4.05. The minimum atomic E-state index is -4.39. The fraction of sp³-hybridized carbons (Fsp3) is 0.111. The summed E-state index contributed by atoms with van der Waals surface area (Å²) in [6.45, 7) is 0. The summed E-state index contributed by atoms with van der Waals surface area (Å²) in [6.07, 6.45) is -2.82. The Kier molecular flexibility index (Phi) is 3.38. The molecular weight excluding hydrogens is 329 g/mol. The van der Waals surface area contributed by atoms with Gasteiger partial charge in [-0.25, -0.2) is 9.97 Å². The van der Waals surface area contributed by atoms with E-state index in [9.17, 15) is 13.2 Å². The summed E-state index contributed by atoms with van der Waals surface area (Å²) >= 11 is 0. The molecule has 25 heavy (non-hydrogen) atoms.